The van der Waals surface area contributed by atoms with E-state index >= 15 is 0 Å². The van der Waals surface area contributed by atoms with Crippen molar-refractivity contribution in [3.63, 3.8) is 0 Å². The van der Waals surface area contributed by atoms with Crippen LogP contribution in [0.5, 0.6) is 0 Å². The number of carbonyl (C=O) groups excluding carboxylic acids is 1. The van der Waals surface area contributed by atoms with Crippen LogP contribution in [0.4, 0.5) is 21.5 Å². The van der Waals surface area contributed by atoms with Crippen molar-refractivity contribution in [1.29, 1.82) is 0 Å². The number of pyridine rings is 1. The van der Waals surface area contributed by atoms with Gasteiger partial charge in [-0.2, -0.15) is 0 Å². The predicted octanol–water partition coefficient (Wildman–Crippen LogP) is 4.94. The lowest BCUT2D eigenvalue weighted by atomic mass is 10.2. The maximum Gasteiger partial charge on any atom is 0.274 e. The highest BCUT2D eigenvalue weighted by molar-refractivity contribution is 6.02. The van der Waals surface area contributed by atoms with E-state index in [9.17, 15) is 9.18 Å². The van der Waals surface area contributed by atoms with E-state index in [1.807, 2.05) is 18.2 Å². The first-order valence-corrected chi connectivity index (χ1v) is 8.44. The third-order valence-electron chi connectivity index (χ3n) is 4.02. The van der Waals surface area contributed by atoms with Crippen molar-refractivity contribution in [2.75, 3.05) is 16.8 Å². The Bertz CT molecular complexity index is 892. The molecule has 0 unspecified atom stereocenters. The molecular formula is C21H20FN3O. The fourth-order valence-corrected chi connectivity index (χ4v) is 2.72. The molecule has 0 atom stereocenters. The van der Waals surface area contributed by atoms with Gasteiger partial charge in [0.25, 0.3) is 5.91 Å². The van der Waals surface area contributed by atoms with Gasteiger partial charge < -0.3 is 10.2 Å². The van der Waals surface area contributed by atoms with Gasteiger partial charge in [0, 0.05) is 17.9 Å². The van der Waals surface area contributed by atoms with Gasteiger partial charge in [-0.05, 0) is 67.9 Å². The summed E-state index contributed by atoms with van der Waals surface area (Å²) in [6.45, 7) is 4.90. The van der Waals surface area contributed by atoms with Gasteiger partial charge in [0.2, 0.25) is 0 Å². The second-order valence-electron chi connectivity index (χ2n) is 5.95. The number of aromatic nitrogens is 1. The lowest BCUT2D eigenvalue weighted by molar-refractivity contribution is 0.102. The van der Waals surface area contributed by atoms with Gasteiger partial charge in [-0.1, -0.05) is 12.1 Å². The number of benzene rings is 2. The molecule has 0 spiro atoms. The van der Waals surface area contributed by atoms with Crippen molar-refractivity contribution in [3.8, 4) is 0 Å². The lowest BCUT2D eigenvalue weighted by Crippen LogP contribution is -2.18. The van der Waals surface area contributed by atoms with E-state index in [1.165, 1.54) is 29.8 Å². The molecule has 0 aliphatic rings. The molecule has 4 nitrogen and oxygen atoms in total. The molecule has 0 aliphatic carbocycles. The number of amides is 1. The van der Waals surface area contributed by atoms with E-state index in [1.54, 1.807) is 12.3 Å². The molecule has 3 aromatic rings. The molecule has 3 rings (SSSR count). The number of aryl methyl sites for hydroxylation is 1. The molecule has 0 fully saturated rings. The topological polar surface area (TPSA) is 45.2 Å². The Morgan fingerprint density at radius 3 is 2.46 bits per heavy atom. The smallest absolute Gasteiger partial charge is 0.274 e. The van der Waals surface area contributed by atoms with Crippen molar-refractivity contribution in [3.05, 3.63) is 83.9 Å². The highest BCUT2D eigenvalue weighted by Gasteiger charge is 2.11. The van der Waals surface area contributed by atoms with Crippen LogP contribution in [0.3, 0.4) is 0 Å². The standard InChI is InChI=1S/C21H20FN3O/c1-3-25(18-6-4-5-15(2)13-18)19-11-12-20(23-14-19)21(26)24-17-9-7-16(22)8-10-17/h4-14H,3H2,1-2H3,(H,24,26). The number of hydrogen-bond acceptors (Lipinski definition) is 3. The summed E-state index contributed by atoms with van der Waals surface area (Å²) in [5, 5.41) is 2.71. The minimum atomic E-state index is -0.346. The molecule has 1 heterocycles. The van der Waals surface area contributed by atoms with Gasteiger partial charge in [0.1, 0.15) is 11.5 Å². The summed E-state index contributed by atoms with van der Waals surface area (Å²) in [6, 6.07) is 17.4. The number of rotatable bonds is 5. The van der Waals surface area contributed by atoms with Crippen LogP contribution in [0.1, 0.15) is 23.0 Å². The Morgan fingerprint density at radius 1 is 1.08 bits per heavy atom. The zero-order valence-electron chi connectivity index (χ0n) is 14.7. The molecule has 0 saturated heterocycles. The molecule has 5 heteroatoms. The Labute approximate surface area is 152 Å². The summed E-state index contributed by atoms with van der Waals surface area (Å²) in [7, 11) is 0. The van der Waals surface area contributed by atoms with Gasteiger partial charge in [0.15, 0.2) is 0 Å². The molecule has 0 saturated carbocycles. The van der Waals surface area contributed by atoms with Crippen LogP contribution < -0.4 is 10.2 Å². The third-order valence-corrected chi connectivity index (χ3v) is 4.02. The van der Waals surface area contributed by atoms with E-state index in [0.717, 1.165) is 17.9 Å². The van der Waals surface area contributed by atoms with Crippen LogP contribution in [0.2, 0.25) is 0 Å². The highest BCUT2D eigenvalue weighted by Crippen LogP contribution is 2.25. The number of nitrogens with zero attached hydrogens (tertiary/aromatic N) is 2. The van der Waals surface area contributed by atoms with E-state index in [-0.39, 0.29) is 11.7 Å². The highest BCUT2D eigenvalue weighted by atomic mass is 19.1. The average molecular weight is 349 g/mol. The van der Waals surface area contributed by atoms with Crippen LogP contribution in [-0.4, -0.2) is 17.4 Å². The molecule has 0 radical (unpaired) electrons. The minimum absolute atomic E-state index is 0.304. The quantitative estimate of drug-likeness (QED) is 0.710. The lowest BCUT2D eigenvalue weighted by Gasteiger charge is -2.23. The van der Waals surface area contributed by atoms with Crippen molar-refractivity contribution in [1.82, 2.24) is 4.98 Å². The first-order valence-electron chi connectivity index (χ1n) is 8.44. The Morgan fingerprint density at radius 2 is 1.85 bits per heavy atom. The zero-order valence-corrected chi connectivity index (χ0v) is 14.7. The minimum Gasteiger partial charge on any atom is -0.341 e. The number of nitrogens with one attached hydrogen (secondary N) is 1. The summed E-state index contributed by atoms with van der Waals surface area (Å²) in [6.07, 6.45) is 1.69. The zero-order chi connectivity index (χ0) is 18.5. The van der Waals surface area contributed by atoms with E-state index in [4.69, 9.17) is 0 Å². The molecule has 1 amide bonds. The predicted molar refractivity (Wildman–Crippen MR) is 102 cm³/mol. The summed E-state index contributed by atoms with van der Waals surface area (Å²) < 4.78 is 12.9. The van der Waals surface area contributed by atoms with Gasteiger partial charge in [-0.3, -0.25) is 4.79 Å². The number of hydrogen-bond donors (Lipinski definition) is 1. The van der Waals surface area contributed by atoms with Crippen LogP contribution in [0.15, 0.2) is 66.9 Å². The van der Waals surface area contributed by atoms with Crippen LogP contribution >= 0.6 is 0 Å². The monoisotopic (exact) mass is 349 g/mol. The molecule has 0 bridgehead atoms. The molecule has 132 valence electrons. The Hall–Kier alpha value is -3.21. The molecule has 26 heavy (non-hydrogen) atoms. The van der Waals surface area contributed by atoms with Gasteiger partial charge in [-0.15, -0.1) is 0 Å². The summed E-state index contributed by atoms with van der Waals surface area (Å²) in [5.74, 6) is -0.678. The van der Waals surface area contributed by atoms with E-state index in [0.29, 0.717) is 11.4 Å². The van der Waals surface area contributed by atoms with Crippen molar-refractivity contribution < 1.29 is 9.18 Å². The first kappa shape index (κ1) is 17.6. The van der Waals surface area contributed by atoms with Gasteiger partial charge in [0.05, 0.1) is 11.9 Å². The second-order valence-corrected chi connectivity index (χ2v) is 5.95. The van der Waals surface area contributed by atoms with Gasteiger partial charge >= 0.3 is 0 Å². The van der Waals surface area contributed by atoms with Gasteiger partial charge in [-0.25, -0.2) is 9.37 Å². The van der Waals surface area contributed by atoms with Crippen molar-refractivity contribution >= 4 is 23.0 Å². The summed E-state index contributed by atoms with van der Waals surface area (Å²) >= 11 is 0. The fourth-order valence-electron chi connectivity index (χ4n) is 2.72. The van der Waals surface area contributed by atoms with Crippen LogP contribution in [0, 0.1) is 12.7 Å². The van der Waals surface area contributed by atoms with Crippen LogP contribution in [-0.2, 0) is 0 Å². The molecule has 0 aliphatic heterocycles. The number of halogens is 1. The second kappa shape index (κ2) is 7.78. The van der Waals surface area contributed by atoms with Crippen LogP contribution in [0.25, 0.3) is 0 Å². The SMILES string of the molecule is CCN(c1ccc(C(=O)Nc2ccc(F)cc2)nc1)c1cccc(C)c1. The first-order chi connectivity index (χ1) is 12.6. The molecule has 2 aromatic carbocycles. The number of anilines is 3. The Balaban J connectivity index is 1.76. The summed E-state index contributed by atoms with van der Waals surface area (Å²) in [4.78, 5) is 18.7. The number of carbonyl (C=O) groups is 1. The average Bonchev–Trinajstić information content (AvgIpc) is 2.65. The maximum atomic E-state index is 12.9. The maximum absolute atomic E-state index is 12.9. The normalized spacial score (nSPS) is 10.4. The molecule has 1 aromatic heterocycles. The van der Waals surface area contributed by atoms with E-state index < -0.39 is 0 Å². The molecular weight excluding hydrogens is 329 g/mol. The third kappa shape index (κ3) is 4.06. The largest absolute Gasteiger partial charge is 0.341 e. The Kier molecular flexibility index (Phi) is 5.27. The van der Waals surface area contributed by atoms with Crippen molar-refractivity contribution in [2.45, 2.75) is 13.8 Å². The summed E-state index contributed by atoms with van der Waals surface area (Å²) in [5.41, 5.74) is 4.01. The molecule has 1 N–H and O–H groups in total. The van der Waals surface area contributed by atoms with E-state index in [2.05, 4.69) is 41.2 Å². The fraction of sp³-hybridized carbons (Fsp3) is 0.143. The van der Waals surface area contributed by atoms with Crippen molar-refractivity contribution in [2.24, 2.45) is 0 Å².